The van der Waals surface area contributed by atoms with Gasteiger partial charge in [0.1, 0.15) is 0 Å². The van der Waals surface area contributed by atoms with E-state index in [1.54, 1.807) is 14.2 Å². The highest BCUT2D eigenvalue weighted by atomic mass is 79.9. The van der Waals surface area contributed by atoms with E-state index in [0.29, 0.717) is 0 Å². The van der Waals surface area contributed by atoms with Crippen molar-refractivity contribution in [2.75, 3.05) is 19.5 Å². The average molecular weight is 315 g/mol. The number of ether oxygens (including phenoxy) is 3. The lowest BCUT2D eigenvalue weighted by Crippen LogP contribution is -2.35. The Morgan fingerprint density at radius 1 is 1.28 bits per heavy atom. The molecule has 3 nitrogen and oxygen atoms in total. The lowest BCUT2D eigenvalue weighted by molar-refractivity contribution is -0.0739. The minimum atomic E-state index is -0.148. The molecule has 1 aliphatic heterocycles. The number of fused-ring (bicyclic) bond motifs is 1. The highest BCUT2D eigenvalue weighted by Gasteiger charge is 2.33. The zero-order chi connectivity index (χ0) is 13.3. The number of benzene rings is 1. The molecule has 0 N–H and O–H groups in total. The summed E-state index contributed by atoms with van der Waals surface area (Å²) in [6, 6.07) is 4.09. The van der Waals surface area contributed by atoms with E-state index in [4.69, 9.17) is 14.2 Å². The van der Waals surface area contributed by atoms with Gasteiger partial charge in [-0.15, -0.1) is 0 Å². The van der Waals surface area contributed by atoms with E-state index in [0.717, 1.165) is 23.2 Å². The van der Waals surface area contributed by atoms with E-state index < -0.39 is 0 Å². The molecule has 0 radical (unpaired) electrons. The fourth-order valence-corrected chi connectivity index (χ4v) is 2.93. The maximum atomic E-state index is 6.08. The fourth-order valence-electron chi connectivity index (χ4n) is 2.45. The van der Waals surface area contributed by atoms with Crippen LogP contribution >= 0.6 is 15.9 Å². The second-order valence-corrected chi connectivity index (χ2v) is 5.75. The minimum Gasteiger partial charge on any atom is -0.493 e. The van der Waals surface area contributed by atoms with Crippen LogP contribution in [0.4, 0.5) is 0 Å². The van der Waals surface area contributed by atoms with E-state index in [9.17, 15) is 0 Å². The molecule has 1 atom stereocenters. The van der Waals surface area contributed by atoms with Crippen molar-refractivity contribution >= 4 is 15.9 Å². The maximum Gasteiger partial charge on any atom is 0.161 e. The predicted molar refractivity (Wildman–Crippen MR) is 74.9 cm³/mol. The summed E-state index contributed by atoms with van der Waals surface area (Å²) in [6.45, 7) is 4.23. The standard InChI is InChI=1S/C14H19BrO3/c1-14(2)7-9-5-11(16-3)12(17-4)6-10(9)13(8-15)18-14/h5-6,13H,7-8H2,1-4H3. The van der Waals surface area contributed by atoms with Crippen LogP contribution in [0, 0.1) is 0 Å². The van der Waals surface area contributed by atoms with Crippen LogP contribution in [0.15, 0.2) is 12.1 Å². The summed E-state index contributed by atoms with van der Waals surface area (Å²) in [4.78, 5) is 0. The summed E-state index contributed by atoms with van der Waals surface area (Å²) < 4.78 is 16.8. The molecular weight excluding hydrogens is 296 g/mol. The first kappa shape index (κ1) is 13.7. The Morgan fingerprint density at radius 2 is 1.89 bits per heavy atom. The van der Waals surface area contributed by atoms with Crippen LogP contribution in [-0.2, 0) is 11.2 Å². The molecule has 0 fully saturated rings. The normalized spacial score (nSPS) is 21.3. The molecule has 0 spiro atoms. The molecule has 0 aliphatic carbocycles. The van der Waals surface area contributed by atoms with Gasteiger partial charge in [0.15, 0.2) is 11.5 Å². The van der Waals surface area contributed by atoms with Gasteiger partial charge in [0.2, 0.25) is 0 Å². The molecule has 18 heavy (non-hydrogen) atoms. The quantitative estimate of drug-likeness (QED) is 0.799. The number of alkyl halides is 1. The smallest absolute Gasteiger partial charge is 0.161 e. The first-order valence-corrected chi connectivity index (χ1v) is 7.11. The third-order valence-corrected chi connectivity index (χ3v) is 3.80. The number of hydrogen-bond acceptors (Lipinski definition) is 3. The average Bonchev–Trinajstić information content (AvgIpc) is 2.35. The molecule has 4 heteroatoms. The predicted octanol–water partition coefficient (Wildman–Crippen LogP) is 3.49. The molecule has 100 valence electrons. The Labute approximate surface area is 117 Å². The van der Waals surface area contributed by atoms with Crippen molar-refractivity contribution in [3.63, 3.8) is 0 Å². The second-order valence-electron chi connectivity index (χ2n) is 5.10. The van der Waals surface area contributed by atoms with Crippen LogP contribution in [0.1, 0.15) is 31.1 Å². The fraction of sp³-hybridized carbons (Fsp3) is 0.571. The van der Waals surface area contributed by atoms with Crippen LogP contribution < -0.4 is 9.47 Å². The molecule has 2 rings (SSSR count). The molecule has 0 amide bonds. The number of halogens is 1. The molecule has 0 saturated heterocycles. The third kappa shape index (κ3) is 2.50. The Balaban J connectivity index is 2.51. The van der Waals surface area contributed by atoms with Gasteiger partial charge in [-0.05, 0) is 37.1 Å². The molecule has 0 saturated carbocycles. The van der Waals surface area contributed by atoms with E-state index in [-0.39, 0.29) is 11.7 Å². The second kappa shape index (κ2) is 5.10. The molecule has 1 aliphatic rings. The summed E-state index contributed by atoms with van der Waals surface area (Å²) in [5.41, 5.74) is 2.31. The molecule has 1 aromatic carbocycles. The van der Waals surface area contributed by atoms with Crippen LogP contribution in [0.5, 0.6) is 11.5 Å². The van der Waals surface area contributed by atoms with Gasteiger partial charge in [0.25, 0.3) is 0 Å². The highest BCUT2D eigenvalue weighted by molar-refractivity contribution is 9.09. The van der Waals surface area contributed by atoms with Crippen molar-refractivity contribution in [1.82, 2.24) is 0 Å². The van der Waals surface area contributed by atoms with E-state index in [1.165, 1.54) is 11.1 Å². The van der Waals surface area contributed by atoms with Gasteiger partial charge in [-0.1, -0.05) is 15.9 Å². The summed E-state index contributed by atoms with van der Waals surface area (Å²) in [7, 11) is 3.32. The summed E-state index contributed by atoms with van der Waals surface area (Å²) >= 11 is 3.52. The monoisotopic (exact) mass is 314 g/mol. The van der Waals surface area contributed by atoms with Crippen LogP contribution in [0.3, 0.4) is 0 Å². The third-order valence-electron chi connectivity index (χ3n) is 3.21. The summed E-state index contributed by atoms with van der Waals surface area (Å²) in [5.74, 6) is 1.53. The lowest BCUT2D eigenvalue weighted by atomic mass is 9.88. The van der Waals surface area contributed by atoms with Crippen LogP contribution in [-0.4, -0.2) is 25.2 Å². The van der Waals surface area contributed by atoms with Gasteiger partial charge >= 0.3 is 0 Å². The van der Waals surface area contributed by atoms with E-state index >= 15 is 0 Å². The number of methoxy groups -OCH3 is 2. The molecule has 1 aromatic rings. The first-order chi connectivity index (χ1) is 8.50. The van der Waals surface area contributed by atoms with Crippen molar-refractivity contribution in [1.29, 1.82) is 0 Å². The number of hydrogen-bond donors (Lipinski definition) is 0. The minimum absolute atomic E-state index is 0.0588. The Hall–Kier alpha value is -0.740. The van der Waals surface area contributed by atoms with Crippen molar-refractivity contribution in [2.24, 2.45) is 0 Å². The summed E-state index contributed by atoms with van der Waals surface area (Å²) in [5, 5.41) is 0.777. The van der Waals surface area contributed by atoms with Crippen molar-refractivity contribution < 1.29 is 14.2 Å². The van der Waals surface area contributed by atoms with Gasteiger partial charge in [0.05, 0.1) is 25.9 Å². The van der Waals surface area contributed by atoms with E-state index in [1.807, 2.05) is 6.07 Å². The van der Waals surface area contributed by atoms with Crippen LogP contribution in [0.25, 0.3) is 0 Å². The van der Waals surface area contributed by atoms with Crippen molar-refractivity contribution in [3.05, 3.63) is 23.3 Å². The highest BCUT2D eigenvalue weighted by Crippen LogP contribution is 2.41. The van der Waals surface area contributed by atoms with Crippen molar-refractivity contribution in [2.45, 2.75) is 32.0 Å². The zero-order valence-corrected chi connectivity index (χ0v) is 12.8. The molecular formula is C14H19BrO3. The zero-order valence-electron chi connectivity index (χ0n) is 11.2. The Bertz CT molecular complexity index is 443. The molecule has 0 bridgehead atoms. The van der Waals surface area contributed by atoms with Crippen LogP contribution in [0.2, 0.25) is 0 Å². The molecule has 1 unspecified atom stereocenters. The SMILES string of the molecule is COc1cc2c(cc1OC)C(CBr)OC(C)(C)C2. The van der Waals surface area contributed by atoms with Gasteiger partial charge < -0.3 is 14.2 Å². The van der Waals surface area contributed by atoms with E-state index in [2.05, 4.69) is 35.8 Å². The number of rotatable bonds is 3. The Morgan fingerprint density at radius 3 is 2.44 bits per heavy atom. The van der Waals surface area contributed by atoms with Gasteiger partial charge in [-0.3, -0.25) is 0 Å². The van der Waals surface area contributed by atoms with Crippen molar-refractivity contribution in [3.8, 4) is 11.5 Å². The van der Waals surface area contributed by atoms with Gasteiger partial charge in [-0.25, -0.2) is 0 Å². The van der Waals surface area contributed by atoms with Gasteiger partial charge in [0, 0.05) is 11.8 Å². The largest absolute Gasteiger partial charge is 0.493 e. The van der Waals surface area contributed by atoms with Gasteiger partial charge in [-0.2, -0.15) is 0 Å². The topological polar surface area (TPSA) is 27.7 Å². The Kier molecular flexibility index (Phi) is 3.87. The maximum absolute atomic E-state index is 6.08. The molecule has 1 heterocycles. The molecule has 0 aromatic heterocycles. The first-order valence-electron chi connectivity index (χ1n) is 5.99. The summed E-state index contributed by atoms with van der Waals surface area (Å²) in [6.07, 6.45) is 0.940. The lowest BCUT2D eigenvalue weighted by Gasteiger charge is -2.37.